The second-order valence-corrected chi connectivity index (χ2v) is 1.72. The van der Waals surface area contributed by atoms with Gasteiger partial charge in [-0.25, -0.2) is 4.68 Å². The summed E-state index contributed by atoms with van der Waals surface area (Å²) in [6, 6.07) is 1.78. The van der Waals surface area contributed by atoms with Gasteiger partial charge in [0.25, 0.3) is 0 Å². The Morgan fingerprint density at radius 3 is 3.11 bits per heavy atom. The zero-order valence-corrected chi connectivity index (χ0v) is 4.60. The fourth-order valence-electron chi connectivity index (χ4n) is 0.731. The fraction of sp³-hybridized carbons (Fsp3) is 0. The molecule has 0 aliphatic rings. The first-order chi connectivity index (χ1) is 4.38. The van der Waals surface area contributed by atoms with Crippen LogP contribution in [0.4, 0.5) is 0 Å². The Bertz CT molecular complexity index is 318. The molecule has 0 radical (unpaired) electrons. The van der Waals surface area contributed by atoms with Crippen molar-refractivity contribution < 1.29 is 0 Å². The van der Waals surface area contributed by atoms with E-state index in [1.165, 1.54) is 15.6 Å². The molecular weight excluding hydrogens is 118 g/mol. The standard InChI is InChI=1S/C4H5N5/c5-8-3-7-9-4(8)1-2-6-9/h1-3H,5H2. The van der Waals surface area contributed by atoms with E-state index in [1.807, 2.05) is 0 Å². The number of rotatable bonds is 0. The van der Waals surface area contributed by atoms with Crippen molar-refractivity contribution in [3.05, 3.63) is 18.6 Å². The molecule has 0 bridgehead atoms. The predicted molar refractivity (Wildman–Crippen MR) is 31.1 cm³/mol. The van der Waals surface area contributed by atoms with Gasteiger partial charge in [0, 0.05) is 6.07 Å². The predicted octanol–water partition coefficient (Wildman–Crippen LogP) is -0.755. The third kappa shape index (κ3) is 0.426. The molecule has 0 saturated heterocycles. The van der Waals surface area contributed by atoms with Crippen LogP contribution in [0.5, 0.6) is 0 Å². The van der Waals surface area contributed by atoms with Crippen molar-refractivity contribution in [3.63, 3.8) is 0 Å². The van der Waals surface area contributed by atoms with Gasteiger partial charge in [-0.05, 0) is 0 Å². The van der Waals surface area contributed by atoms with E-state index in [-0.39, 0.29) is 0 Å². The number of nitrogens with zero attached hydrogens (tertiary/aromatic N) is 4. The van der Waals surface area contributed by atoms with Crippen molar-refractivity contribution in [3.8, 4) is 0 Å². The van der Waals surface area contributed by atoms with Crippen molar-refractivity contribution in [2.45, 2.75) is 0 Å². The van der Waals surface area contributed by atoms with Crippen LogP contribution in [-0.4, -0.2) is 19.5 Å². The number of hydrogen-bond donors (Lipinski definition) is 1. The maximum absolute atomic E-state index is 5.41. The first kappa shape index (κ1) is 4.37. The van der Waals surface area contributed by atoms with Crippen LogP contribution in [-0.2, 0) is 0 Å². The minimum absolute atomic E-state index is 0.787. The summed E-state index contributed by atoms with van der Waals surface area (Å²) < 4.78 is 2.87. The van der Waals surface area contributed by atoms with Gasteiger partial charge >= 0.3 is 0 Å². The molecule has 0 spiro atoms. The van der Waals surface area contributed by atoms with Gasteiger partial charge in [-0.3, -0.25) is 0 Å². The average Bonchev–Trinajstić information content (AvgIpc) is 2.35. The van der Waals surface area contributed by atoms with Crippen LogP contribution >= 0.6 is 0 Å². The van der Waals surface area contributed by atoms with Crippen molar-refractivity contribution >= 4 is 5.65 Å². The summed E-state index contributed by atoms with van der Waals surface area (Å²) >= 11 is 0. The molecule has 46 valence electrons. The Hall–Kier alpha value is -1.52. The Morgan fingerprint density at radius 2 is 2.33 bits per heavy atom. The van der Waals surface area contributed by atoms with E-state index in [1.54, 1.807) is 12.3 Å². The molecule has 2 heterocycles. The maximum atomic E-state index is 5.41. The van der Waals surface area contributed by atoms with Gasteiger partial charge in [-0.15, -0.1) is 9.73 Å². The maximum Gasteiger partial charge on any atom is 0.176 e. The van der Waals surface area contributed by atoms with Crippen LogP contribution < -0.4 is 5.84 Å². The van der Waals surface area contributed by atoms with Gasteiger partial charge in [0.15, 0.2) is 5.65 Å². The lowest BCUT2D eigenvalue weighted by Gasteiger charge is -1.83. The van der Waals surface area contributed by atoms with Crippen LogP contribution in [0.2, 0.25) is 0 Å². The van der Waals surface area contributed by atoms with Crippen molar-refractivity contribution in [1.82, 2.24) is 19.5 Å². The van der Waals surface area contributed by atoms with Crippen molar-refractivity contribution in [2.24, 2.45) is 0 Å². The van der Waals surface area contributed by atoms with E-state index >= 15 is 0 Å². The van der Waals surface area contributed by atoms with Crippen molar-refractivity contribution in [2.75, 3.05) is 5.84 Å². The van der Waals surface area contributed by atoms with Gasteiger partial charge < -0.3 is 5.84 Å². The van der Waals surface area contributed by atoms with E-state index in [0.717, 1.165) is 5.65 Å². The number of fused-ring (bicyclic) bond motifs is 1. The molecule has 0 aromatic carbocycles. The van der Waals surface area contributed by atoms with Crippen LogP contribution in [0, 0.1) is 0 Å². The molecular formula is C4H5N5. The average molecular weight is 123 g/mol. The molecule has 2 aromatic heterocycles. The molecule has 9 heavy (non-hydrogen) atoms. The Balaban J connectivity index is 2.99. The molecule has 0 saturated carbocycles. The smallest absolute Gasteiger partial charge is 0.176 e. The molecule has 0 amide bonds. The highest BCUT2D eigenvalue weighted by Gasteiger charge is 1.95. The number of nitrogens with two attached hydrogens (primary N) is 1. The quantitative estimate of drug-likeness (QED) is 0.468. The lowest BCUT2D eigenvalue weighted by Crippen LogP contribution is -2.04. The third-order valence-electron chi connectivity index (χ3n) is 1.15. The van der Waals surface area contributed by atoms with Crippen LogP contribution in [0.3, 0.4) is 0 Å². The first-order valence-corrected chi connectivity index (χ1v) is 2.50. The molecule has 2 N–H and O–H groups in total. The Labute approximate surface area is 50.7 Å². The summed E-state index contributed by atoms with van der Waals surface area (Å²) in [5.41, 5.74) is 0.787. The summed E-state index contributed by atoms with van der Waals surface area (Å²) in [7, 11) is 0. The second-order valence-electron chi connectivity index (χ2n) is 1.72. The molecule has 0 aliphatic carbocycles. The van der Waals surface area contributed by atoms with Crippen molar-refractivity contribution in [1.29, 1.82) is 0 Å². The Morgan fingerprint density at radius 1 is 1.44 bits per heavy atom. The molecule has 0 fully saturated rings. The van der Waals surface area contributed by atoms with E-state index in [9.17, 15) is 0 Å². The topological polar surface area (TPSA) is 61.1 Å². The zero-order valence-electron chi connectivity index (χ0n) is 4.60. The fourth-order valence-corrected chi connectivity index (χ4v) is 0.731. The van der Waals surface area contributed by atoms with Crippen LogP contribution in [0.15, 0.2) is 18.6 Å². The molecule has 2 aromatic rings. The third-order valence-corrected chi connectivity index (χ3v) is 1.15. The van der Waals surface area contributed by atoms with Crippen LogP contribution in [0.25, 0.3) is 5.65 Å². The summed E-state index contributed by atoms with van der Waals surface area (Å²) in [6.07, 6.45) is 3.15. The van der Waals surface area contributed by atoms with E-state index in [4.69, 9.17) is 5.84 Å². The number of hydrogen-bond acceptors (Lipinski definition) is 3. The molecule has 0 atom stereocenters. The summed E-state index contributed by atoms with van der Waals surface area (Å²) in [5, 5.41) is 7.67. The van der Waals surface area contributed by atoms with Crippen LogP contribution in [0.1, 0.15) is 0 Å². The SMILES string of the molecule is Nn1cnn2nccc12. The zero-order chi connectivity index (χ0) is 6.27. The minimum Gasteiger partial charge on any atom is -0.336 e. The normalized spacial score (nSPS) is 10.7. The Kier molecular flexibility index (Phi) is 0.606. The first-order valence-electron chi connectivity index (χ1n) is 2.50. The summed E-state index contributed by atoms with van der Waals surface area (Å²) in [4.78, 5) is 0. The molecule has 5 heteroatoms. The number of aromatic nitrogens is 4. The van der Waals surface area contributed by atoms with Gasteiger partial charge in [0.2, 0.25) is 0 Å². The summed E-state index contributed by atoms with van der Waals surface area (Å²) in [5.74, 6) is 5.41. The lowest BCUT2D eigenvalue weighted by molar-refractivity contribution is 0.821. The summed E-state index contributed by atoms with van der Waals surface area (Å²) in [6.45, 7) is 0. The largest absolute Gasteiger partial charge is 0.336 e. The molecule has 2 rings (SSSR count). The molecule has 5 nitrogen and oxygen atoms in total. The highest BCUT2D eigenvalue weighted by atomic mass is 15.5. The molecule has 0 unspecified atom stereocenters. The second kappa shape index (κ2) is 1.25. The van der Waals surface area contributed by atoms with Gasteiger partial charge in [0.05, 0.1) is 6.20 Å². The van der Waals surface area contributed by atoms with Gasteiger partial charge in [-0.1, -0.05) is 0 Å². The van der Waals surface area contributed by atoms with E-state index in [0.29, 0.717) is 0 Å². The highest BCUT2D eigenvalue weighted by molar-refractivity contribution is 5.35. The monoisotopic (exact) mass is 123 g/mol. The minimum atomic E-state index is 0.787. The lowest BCUT2D eigenvalue weighted by atomic mass is 10.7. The van der Waals surface area contributed by atoms with Gasteiger partial charge in [0.1, 0.15) is 6.33 Å². The highest BCUT2D eigenvalue weighted by Crippen LogP contribution is 1.94. The van der Waals surface area contributed by atoms with Gasteiger partial charge in [-0.2, -0.15) is 5.10 Å². The number of nitrogen functional groups attached to an aromatic ring is 1. The van der Waals surface area contributed by atoms with E-state index in [2.05, 4.69) is 10.2 Å². The van der Waals surface area contributed by atoms with E-state index < -0.39 is 0 Å². The molecule has 0 aliphatic heterocycles.